The van der Waals surface area contributed by atoms with Gasteiger partial charge in [-0.1, -0.05) is 37.5 Å². The average Bonchev–Trinajstić information content (AvgIpc) is 2.30. The quantitative estimate of drug-likeness (QED) is 0.753. The molecule has 0 radical (unpaired) electrons. The third-order valence-electron chi connectivity index (χ3n) is 3.45. The highest BCUT2D eigenvalue weighted by molar-refractivity contribution is 5.34. The Kier molecular flexibility index (Phi) is 3.47. The molecule has 0 heterocycles. The van der Waals surface area contributed by atoms with Gasteiger partial charge < -0.3 is 4.74 Å². The lowest BCUT2D eigenvalue weighted by Gasteiger charge is -2.29. The lowest BCUT2D eigenvalue weighted by Crippen LogP contribution is -2.28. The van der Waals surface area contributed by atoms with Crippen LogP contribution >= 0.6 is 0 Å². The summed E-state index contributed by atoms with van der Waals surface area (Å²) in [6.07, 6.45) is 5.11. The lowest BCUT2D eigenvalue weighted by atomic mass is 9.82. The first-order valence-electron chi connectivity index (χ1n) is 6.04. The van der Waals surface area contributed by atoms with E-state index in [2.05, 4.69) is 0 Å². The van der Waals surface area contributed by atoms with Gasteiger partial charge in [0.2, 0.25) is 0 Å². The number of halogens is 1. The number of para-hydroxylation sites is 1. The van der Waals surface area contributed by atoms with E-state index in [4.69, 9.17) is 4.74 Å². The normalized spacial score (nSPS) is 19.4. The molecule has 0 unspecified atom stereocenters. The summed E-state index contributed by atoms with van der Waals surface area (Å²) in [4.78, 5) is 0. The minimum atomic E-state index is -1.01. The number of hydrogen-bond acceptors (Lipinski definition) is 1. The van der Waals surface area contributed by atoms with E-state index in [9.17, 15) is 4.39 Å². The molecule has 1 aliphatic carbocycles. The van der Waals surface area contributed by atoms with Gasteiger partial charge in [-0.3, -0.25) is 0 Å². The molecule has 0 atom stereocenters. The van der Waals surface area contributed by atoms with Gasteiger partial charge in [0.05, 0.1) is 7.11 Å². The number of alkyl halides is 1. The topological polar surface area (TPSA) is 9.23 Å². The molecule has 1 fully saturated rings. The van der Waals surface area contributed by atoms with Crippen molar-refractivity contribution in [3.8, 4) is 5.75 Å². The van der Waals surface area contributed by atoms with Crippen molar-refractivity contribution in [2.24, 2.45) is 0 Å². The van der Waals surface area contributed by atoms with Crippen LogP contribution in [-0.4, -0.2) is 12.8 Å². The van der Waals surface area contributed by atoms with Crippen LogP contribution in [0.1, 0.15) is 37.7 Å². The molecule has 2 heteroatoms. The third-order valence-corrected chi connectivity index (χ3v) is 3.45. The van der Waals surface area contributed by atoms with Crippen molar-refractivity contribution in [2.75, 3.05) is 7.11 Å². The van der Waals surface area contributed by atoms with Gasteiger partial charge in [-0.05, 0) is 24.5 Å². The standard InChI is InChI=1S/C14H19FO/c1-16-13-8-4-3-7-12(13)11-14(15)9-5-2-6-10-14/h3-4,7-8H,2,5-6,9-11H2,1H3. The molecule has 0 amide bonds. The summed E-state index contributed by atoms with van der Waals surface area (Å²) >= 11 is 0. The summed E-state index contributed by atoms with van der Waals surface area (Å²) in [5.74, 6) is 0.810. The maximum Gasteiger partial charge on any atom is 0.122 e. The Hall–Kier alpha value is -1.05. The fourth-order valence-electron chi connectivity index (χ4n) is 2.55. The summed E-state index contributed by atoms with van der Waals surface area (Å²) in [5.41, 5.74) is -0.0122. The van der Waals surface area contributed by atoms with Crippen molar-refractivity contribution >= 4 is 0 Å². The minimum absolute atomic E-state index is 0.497. The lowest BCUT2D eigenvalue weighted by molar-refractivity contribution is 0.106. The van der Waals surface area contributed by atoms with Crippen molar-refractivity contribution < 1.29 is 9.13 Å². The van der Waals surface area contributed by atoms with E-state index in [0.29, 0.717) is 19.3 Å². The van der Waals surface area contributed by atoms with E-state index < -0.39 is 5.67 Å². The van der Waals surface area contributed by atoms with Crippen LogP contribution < -0.4 is 4.74 Å². The molecule has 0 saturated heterocycles. The molecule has 1 aromatic rings. The third kappa shape index (κ3) is 2.55. The van der Waals surface area contributed by atoms with Crippen molar-refractivity contribution in [2.45, 2.75) is 44.2 Å². The molecule has 0 aromatic heterocycles. The monoisotopic (exact) mass is 222 g/mol. The largest absolute Gasteiger partial charge is 0.496 e. The predicted octanol–water partition coefficient (Wildman–Crippen LogP) is 3.91. The number of rotatable bonds is 3. The van der Waals surface area contributed by atoms with Crippen molar-refractivity contribution in [1.29, 1.82) is 0 Å². The summed E-state index contributed by atoms with van der Waals surface area (Å²) in [6, 6.07) is 7.74. The molecule has 1 aliphatic rings. The molecule has 0 spiro atoms. The molecule has 1 saturated carbocycles. The molecule has 0 bridgehead atoms. The molecule has 1 aromatic carbocycles. The number of hydrogen-bond donors (Lipinski definition) is 0. The van der Waals surface area contributed by atoms with Gasteiger partial charge in [-0.25, -0.2) is 4.39 Å². The van der Waals surface area contributed by atoms with Crippen LogP contribution in [0.25, 0.3) is 0 Å². The summed E-state index contributed by atoms with van der Waals surface area (Å²) in [6.45, 7) is 0. The van der Waals surface area contributed by atoms with Gasteiger partial charge in [0.25, 0.3) is 0 Å². The molecule has 0 N–H and O–H groups in total. The Morgan fingerprint density at radius 3 is 2.56 bits per heavy atom. The van der Waals surface area contributed by atoms with E-state index in [0.717, 1.165) is 24.2 Å². The van der Waals surface area contributed by atoms with Crippen molar-refractivity contribution in [3.63, 3.8) is 0 Å². The smallest absolute Gasteiger partial charge is 0.122 e. The zero-order valence-electron chi connectivity index (χ0n) is 9.84. The van der Waals surface area contributed by atoms with Gasteiger partial charge in [0, 0.05) is 6.42 Å². The second kappa shape index (κ2) is 4.86. The van der Waals surface area contributed by atoms with Gasteiger partial charge in [-0.15, -0.1) is 0 Å². The average molecular weight is 222 g/mol. The first-order valence-corrected chi connectivity index (χ1v) is 6.04. The van der Waals surface area contributed by atoms with Gasteiger partial charge >= 0.3 is 0 Å². The molecule has 0 aliphatic heterocycles. The minimum Gasteiger partial charge on any atom is -0.496 e. The number of ether oxygens (including phenoxy) is 1. The Morgan fingerprint density at radius 1 is 1.19 bits per heavy atom. The van der Waals surface area contributed by atoms with E-state index in [1.807, 2.05) is 24.3 Å². The highest BCUT2D eigenvalue weighted by Gasteiger charge is 2.32. The van der Waals surface area contributed by atoms with Crippen LogP contribution in [0.4, 0.5) is 4.39 Å². The highest BCUT2D eigenvalue weighted by Crippen LogP contribution is 2.36. The van der Waals surface area contributed by atoms with Crippen LogP contribution in [-0.2, 0) is 6.42 Å². The Morgan fingerprint density at radius 2 is 1.88 bits per heavy atom. The van der Waals surface area contributed by atoms with E-state index >= 15 is 0 Å². The van der Waals surface area contributed by atoms with E-state index in [-0.39, 0.29) is 0 Å². The summed E-state index contributed by atoms with van der Waals surface area (Å²) < 4.78 is 19.8. The Balaban J connectivity index is 2.12. The zero-order chi connectivity index (χ0) is 11.4. The van der Waals surface area contributed by atoms with Crippen LogP contribution in [0.5, 0.6) is 5.75 Å². The summed E-state index contributed by atoms with van der Waals surface area (Å²) in [7, 11) is 1.64. The zero-order valence-corrected chi connectivity index (χ0v) is 9.84. The van der Waals surface area contributed by atoms with Crippen LogP contribution in [0.15, 0.2) is 24.3 Å². The molecule has 1 nitrogen and oxygen atoms in total. The predicted molar refractivity (Wildman–Crippen MR) is 63.6 cm³/mol. The maximum absolute atomic E-state index is 14.5. The SMILES string of the molecule is COc1ccccc1CC1(F)CCCCC1. The van der Waals surface area contributed by atoms with Gasteiger partial charge in [0.15, 0.2) is 0 Å². The molecule has 2 rings (SSSR count). The second-order valence-corrected chi connectivity index (χ2v) is 4.70. The molecular weight excluding hydrogens is 203 g/mol. The van der Waals surface area contributed by atoms with Crippen molar-refractivity contribution in [3.05, 3.63) is 29.8 Å². The van der Waals surface area contributed by atoms with Gasteiger partial charge in [0.1, 0.15) is 11.4 Å². The second-order valence-electron chi connectivity index (χ2n) is 4.70. The first kappa shape index (κ1) is 11.4. The fraction of sp³-hybridized carbons (Fsp3) is 0.571. The number of benzene rings is 1. The Labute approximate surface area is 96.6 Å². The Bertz CT molecular complexity index is 342. The van der Waals surface area contributed by atoms with E-state index in [1.54, 1.807) is 7.11 Å². The summed E-state index contributed by atoms with van der Waals surface area (Å²) in [5, 5.41) is 0. The van der Waals surface area contributed by atoms with E-state index in [1.165, 1.54) is 6.42 Å². The fourth-order valence-corrected chi connectivity index (χ4v) is 2.55. The van der Waals surface area contributed by atoms with Crippen molar-refractivity contribution in [1.82, 2.24) is 0 Å². The van der Waals surface area contributed by atoms with Crippen LogP contribution in [0.2, 0.25) is 0 Å². The molecule has 88 valence electrons. The first-order chi connectivity index (χ1) is 7.73. The maximum atomic E-state index is 14.5. The van der Waals surface area contributed by atoms with Crippen LogP contribution in [0, 0.1) is 0 Å². The van der Waals surface area contributed by atoms with Gasteiger partial charge in [-0.2, -0.15) is 0 Å². The molecule has 16 heavy (non-hydrogen) atoms. The molecular formula is C14H19FO. The van der Waals surface area contributed by atoms with Crippen LogP contribution in [0.3, 0.4) is 0 Å². The number of methoxy groups -OCH3 is 1. The highest BCUT2D eigenvalue weighted by atomic mass is 19.1.